The molecule has 1 fully saturated rings. The molecule has 0 atom stereocenters. The quantitative estimate of drug-likeness (QED) is 0.200. The van der Waals surface area contributed by atoms with Gasteiger partial charge in [-0.15, -0.1) is 0 Å². The van der Waals surface area contributed by atoms with Crippen molar-refractivity contribution in [2.24, 2.45) is 5.41 Å². The third-order valence-corrected chi connectivity index (χ3v) is 3.62. The van der Waals surface area contributed by atoms with Crippen molar-refractivity contribution >= 4 is 17.9 Å². The van der Waals surface area contributed by atoms with Crippen molar-refractivity contribution < 1.29 is 28.6 Å². The molecule has 0 heterocycles. The molecule has 0 unspecified atom stereocenters. The summed E-state index contributed by atoms with van der Waals surface area (Å²) in [5, 5.41) is 0. The Labute approximate surface area is 142 Å². The minimum atomic E-state index is -1.47. The molecule has 0 saturated heterocycles. The van der Waals surface area contributed by atoms with Gasteiger partial charge in [-0.25, -0.2) is 4.79 Å². The summed E-state index contributed by atoms with van der Waals surface area (Å²) >= 11 is 0. The van der Waals surface area contributed by atoms with E-state index in [9.17, 15) is 14.4 Å². The second-order valence-electron chi connectivity index (χ2n) is 5.45. The van der Waals surface area contributed by atoms with Crippen LogP contribution in [0.2, 0.25) is 0 Å². The van der Waals surface area contributed by atoms with Gasteiger partial charge in [0, 0.05) is 6.08 Å². The van der Waals surface area contributed by atoms with E-state index in [1.54, 1.807) is 20.8 Å². The highest BCUT2D eigenvalue weighted by molar-refractivity contribution is 6.00. The minimum absolute atomic E-state index is 0.0211. The van der Waals surface area contributed by atoms with E-state index in [1.807, 2.05) is 6.08 Å². The van der Waals surface area contributed by atoms with Crippen molar-refractivity contribution in [2.75, 3.05) is 19.8 Å². The van der Waals surface area contributed by atoms with E-state index >= 15 is 0 Å². The molecule has 0 amide bonds. The zero-order chi connectivity index (χ0) is 18.0. The fourth-order valence-corrected chi connectivity index (χ4v) is 2.18. The smallest absolute Gasteiger partial charge is 0.330 e. The van der Waals surface area contributed by atoms with Crippen LogP contribution < -0.4 is 0 Å². The highest BCUT2D eigenvalue weighted by Crippen LogP contribution is 2.36. The van der Waals surface area contributed by atoms with Gasteiger partial charge in [0.2, 0.25) is 0 Å². The number of esters is 3. The topological polar surface area (TPSA) is 78.9 Å². The second-order valence-corrected chi connectivity index (χ2v) is 5.45. The van der Waals surface area contributed by atoms with Gasteiger partial charge in [0.25, 0.3) is 0 Å². The summed E-state index contributed by atoms with van der Waals surface area (Å²) in [7, 11) is 0. The van der Waals surface area contributed by atoms with Crippen molar-refractivity contribution in [3.8, 4) is 0 Å². The Morgan fingerprint density at radius 3 is 1.92 bits per heavy atom. The summed E-state index contributed by atoms with van der Waals surface area (Å²) in [6, 6.07) is 0. The zero-order valence-electron chi connectivity index (χ0n) is 14.6. The summed E-state index contributed by atoms with van der Waals surface area (Å²) in [5.74, 6) is -1.77. The van der Waals surface area contributed by atoms with Crippen LogP contribution >= 0.6 is 0 Å². The Morgan fingerprint density at radius 2 is 1.46 bits per heavy atom. The third kappa shape index (κ3) is 5.83. The number of ether oxygens (including phenoxy) is 3. The first-order chi connectivity index (χ1) is 11.5. The lowest BCUT2D eigenvalue weighted by Crippen LogP contribution is -2.41. The number of hydrogen-bond acceptors (Lipinski definition) is 6. The lowest BCUT2D eigenvalue weighted by Gasteiger charge is -2.27. The van der Waals surface area contributed by atoms with Crippen molar-refractivity contribution in [1.82, 2.24) is 0 Å². The number of carbonyl (C=O) groups excluding carboxylic acids is 3. The molecule has 0 spiro atoms. The van der Waals surface area contributed by atoms with Crippen LogP contribution in [0, 0.1) is 5.41 Å². The maximum absolute atomic E-state index is 12.5. The minimum Gasteiger partial charge on any atom is -0.465 e. The van der Waals surface area contributed by atoms with Crippen molar-refractivity contribution in [1.29, 1.82) is 0 Å². The van der Waals surface area contributed by atoms with Crippen LogP contribution in [0.1, 0.15) is 46.5 Å². The average molecular weight is 338 g/mol. The second kappa shape index (κ2) is 9.90. The first-order valence-electron chi connectivity index (χ1n) is 8.35. The predicted octanol–water partition coefficient (Wildman–Crippen LogP) is 2.72. The molecule has 0 radical (unpaired) electrons. The number of rotatable bonds is 10. The summed E-state index contributed by atoms with van der Waals surface area (Å²) in [6.45, 7) is 5.66. The Balaban J connectivity index is 3.02. The Hall–Kier alpha value is -2.11. The van der Waals surface area contributed by atoms with Gasteiger partial charge >= 0.3 is 17.9 Å². The van der Waals surface area contributed by atoms with E-state index in [2.05, 4.69) is 0 Å². The average Bonchev–Trinajstić information content (AvgIpc) is 3.35. The Kier molecular flexibility index (Phi) is 8.22. The molecular formula is C18H26O6. The molecule has 1 saturated carbocycles. The van der Waals surface area contributed by atoms with Crippen molar-refractivity contribution in [3.05, 3.63) is 23.8 Å². The summed E-state index contributed by atoms with van der Waals surface area (Å²) in [6.07, 6.45) is 6.78. The van der Waals surface area contributed by atoms with Gasteiger partial charge in [0.1, 0.15) is 0 Å². The van der Waals surface area contributed by atoms with Gasteiger partial charge in [0.15, 0.2) is 5.41 Å². The van der Waals surface area contributed by atoms with Crippen LogP contribution in [0.4, 0.5) is 0 Å². The van der Waals surface area contributed by atoms with Gasteiger partial charge in [-0.2, -0.15) is 0 Å². The van der Waals surface area contributed by atoms with E-state index in [4.69, 9.17) is 14.2 Å². The van der Waals surface area contributed by atoms with Gasteiger partial charge in [-0.05, 0) is 46.5 Å². The van der Waals surface area contributed by atoms with E-state index in [0.29, 0.717) is 0 Å². The molecule has 1 aliphatic rings. The SMILES string of the molecule is CCOC(=O)/C=C/CC(CC=C1CC1)(C(=O)OCC)C(=O)OCC. The lowest BCUT2D eigenvalue weighted by molar-refractivity contribution is -0.171. The summed E-state index contributed by atoms with van der Waals surface area (Å²) in [5.41, 5.74) is -0.257. The first kappa shape index (κ1) is 19.9. The molecule has 6 nitrogen and oxygen atoms in total. The van der Waals surface area contributed by atoms with Gasteiger partial charge in [-0.1, -0.05) is 17.7 Å². The van der Waals surface area contributed by atoms with Gasteiger partial charge < -0.3 is 14.2 Å². The zero-order valence-corrected chi connectivity index (χ0v) is 14.6. The molecule has 0 aromatic carbocycles. The lowest BCUT2D eigenvalue weighted by atomic mass is 9.80. The maximum Gasteiger partial charge on any atom is 0.330 e. The molecule has 0 N–H and O–H groups in total. The fourth-order valence-electron chi connectivity index (χ4n) is 2.18. The number of hydrogen-bond donors (Lipinski definition) is 0. The van der Waals surface area contributed by atoms with Crippen LogP contribution in [0.25, 0.3) is 0 Å². The Morgan fingerprint density at radius 1 is 0.917 bits per heavy atom. The van der Waals surface area contributed by atoms with E-state index in [1.165, 1.54) is 17.7 Å². The van der Waals surface area contributed by atoms with Crippen LogP contribution in [0.15, 0.2) is 23.8 Å². The molecule has 1 rings (SSSR count). The van der Waals surface area contributed by atoms with Crippen LogP contribution in [0.5, 0.6) is 0 Å². The normalized spacial score (nSPS) is 13.5. The molecular weight excluding hydrogens is 312 g/mol. The van der Waals surface area contributed by atoms with Crippen molar-refractivity contribution in [3.63, 3.8) is 0 Å². The van der Waals surface area contributed by atoms with E-state index in [-0.39, 0.29) is 32.7 Å². The van der Waals surface area contributed by atoms with E-state index < -0.39 is 23.3 Å². The third-order valence-electron chi connectivity index (χ3n) is 3.62. The summed E-state index contributed by atoms with van der Waals surface area (Å²) < 4.78 is 15.0. The van der Waals surface area contributed by atoms with E-state index in [0.717, 1.165) is 12.8 Å². The molecule has 1 aliphatic carbocycles. The van der Waals surface area contributed by atoms with Crippen LogP contribution in [0.3, 0.4) is 0 Å². The Bertz CT molecular complexity index is 494. The standard InChI is InChI=1S/C18H26O6/c1-4-22-15(19)8-7-12-18(16(20)23-5-2,17(21)24-6-3)13-11-14-9-10-14/h7-8,11H,4-6,9-10,12-13H2,1-3H3/b8-7+. The molecule has 24 heavy (non-hydrogen) atoms. The first-order valence-corrected chi connectivity index (χ1v) is 8.35. The van der Waals surface area contributed by atoms with Gasteiger partial charge in [-0.3, -0.25) is 9.59 Å². The number of carbonyl (C=O) groups is 3. The fraction of sp³-hybridized carbons (Fsp3) is 0.611. The van der Waals surface area contributed by atoms with Crippen LogP contribution in [-0.4, -0.2) is 37.7 Å². The molecule has 0 aromatic heterocycles. The summed E-state index contributed by atoms with van der Waals surface area (Å²) in [4.78, 5) is 36.5. The monoisotopic (exact) mass is 338 g/mol. The van der Waals surface area contributed by atoms with Crippen LogP contribution in [-0.2, 0) is 28.6 Å². The maximum atomic E-state index is 12.5. The predicted molar refractivity (Wildman–Crippen MR) is 88.0 cm³/mol. The highest BCUT2D eigenvalue weighted by Gasteiger charge is 2.47. The molecule has 0 aromatic rings. The van der Waals surface area contributed by atoms with Gasteiger partial charge in [0.05, 0.1) is 19.8 Å². The number of allylic oxidation sites excluding steroid dienone is 3. The molecule has 6 heteroatoms. The largest absolute Gasteiger partial charge is 0.465 e. The molecule has 0 aliphatic heterocycles. The van der Waals surface area contributed by atoms with Crippen molar-refractivity contribution in [2.45, 2.75) is 46.5 Å². The molecule has 0 bridgehead atoms. The highest BCUT2D eigenvalue weighted by atomic mass is 16.6. The molecule has 134 valence electrons.